The molecular weight excluding hydrogens is 360 g/mol. The molecule has 2 atom stereocenters. The summed E-state index contributed by atoms with van der Waals surface area (Å²) in [6, 6.07) is 7.46. The van der Waals surface area contributed by atoms with E-state index in [0.717, 1.165) is 17.5 Å². The molecule has 0 saturated carbocycles. The molecule has 1 aromatic carbocycles. The number of ether oxygens (including phenoxy) is 1. The number of thioether (sulfide) groups is 1. The summed E-state index contributed by atoms with van der Waals surface area (Å²) in [7, 11) is 0. The minimum absolute atomic E-state index is 0.00786. The number of aliphatic imine (C=N–C) groups is 1. The van der Waals surface area contributed by atoms with Crippen molar-refractivity contribution < 1.29 is 14.3 Å². The zero-order valence-corrected chi connectivity index (χ0v) is 17.3. The van der Waals surface area contributed by atoms with E-state index >= 15 is 0 Å². The lowest BCUT2D eigenvalue weighted by Crippen LogP contribution is -2.41. The highest BCUT2D eigenvalue weighted by Gasteiger charge is 2.47. The number of fused-ring (bicyclic) bond motifs is 1. The largest absolute Gasteiger partial charge is 0.462 e. The van der Waals surface area contributed by atoms with Gasteiger partial charge in [0, 0.05) is 0 Å². The third-order valence-corrected chi connectivity index (χ3v) is 6.00. The van der Waals surface area contributed by atoms with Crippen molar-refractivity contribution in [2.75, 3.05) is 6.61 Å². The number of allylic oxidation sites excluding steroid dienone is 1. The lowest BCUT2D eigenvalue weighted by molar-refractivity contribution is -0.141. The number of hydrogen-bond acceptors (Lipinski definition) is 5. The number of benzene rings is 1. The molecule has 0 spiro atoms. The summed E-state index contributed by atoms with van der Waals surface area (Å²) in [6.07, 6.45) is 0.728. The van der Waals surface area contributed by atoms with E-state index in [1.807, 2.05) is 58.9 Å². The number of carbonyl (C=O) groups excluding carboxylic acids is 2. The predicted octanol–water partition coefficient (Wildman–Crippen LogP) is 4.23. The van der Waals surface area contributed by atoms with Gasteiger partial charge in [0.15, 0.2) is 5.17 Å². The Balaban J connectivity index is 2.06. The Morgan fingerprint density at radius 2 is 1.93 bits per heavy atom. The minimum Gasteiger partial charge on any atom is -0.462 e. The predicted molar refractivity (Wildman–Crippen MR) is 108 cm³/mol. The van der Waals surface area contributed by atoms with Gasteiger partial charge in [-0.05, 0) is 31.7 Å². The van der Waals surface area contributed by atoms with E-state index in [4.69, 9.17) is 4.74 Å². The number of amides is 1. The summed E-state index contributed by atoms with van der Waals surface area (Å²) in [6.45, 7) is 10.2. The van der Waals surface area contributed by atoms with E-state index in [-0.39, 0.29) is 17.1 Å². The molecule has 144 valence electrons. The average Bonchev–Trinajstić information content (AvgIpc) is 2.94. The second kappa shape index (κ2) is 7.89. The van der Waals surface area contributed by atoms with Gasteiger partial charge in [0.25, 0.3) is 0 Å². The molecule has 2 heterocycles. The molecule has 27 heavy (non-hydrogen) atoms. The first-order chi connectivity index (χ1) is 12.8. The molecule has 6 heteroatoms. The van der Waals surface area contributed by atoms with Crippen molar-refractivity contribution in [3.63, 3.8) is 0 Å². The fourth-order valence-electron chi connectivity index (χ4n) is 3.23. The van der Waals surface area contributed by atoms with Gasteiger partial charge in [-0.2, -0.15) is 0 Å². The summed E-state index contributed by atoms with van der Waals surface area (Å²) < 4.78 is 5.51. The summed E-state index contributed by atoms with van der Waals surface area (Å²) in [5.74, 6) is -0.149. The van der Waals surface area contributed by atoms with E-state index < -0.39 is 12.0 Å². The lowest BCUT2D eigenvalue weighted by atomic mass is 9.93. The zero-order valence-electron chi connectivity index (χ0n) is 16.5. The van der Waals surface area contributed by atoms with Crippen LogP contribution >= 0.6 is 11.8 Å². The third kappa shape index (κ3) is 3.81. The SMILES string of the molecule is CCC1SC2=NC(C)=C(C(=O)OCC(C)C)C(c3ccc(C)cc3)N2C1=O. The van der Waals surface area contributed by atoms with Crippen LogP contribution in [0.15, 0.2) is 40.5 Å². The molecule has 0 bridgehead atoms. The van der Waals surface area contributed by atoms with Crippen LogP contribution in [0.1, 0.15) is 51.3 Å². The Bertz CT molecular complexity index is 811. The molecule has 0 N–H and O–H groups in total. The minimum atomic E-state index is -0.491. The van der Waals surface area contributed by atoms with Gasteiger partial charge in [0.1, 0.15) is 0 Å². The molecule has 5 nitrogen and oxygen atoms in total. The van der Waals surface area contributed by atoms with E-state index in [1.54, 1.807) is 4.90 Å². The van der Waals surface area contributed by atoms with Crippen LogP contribution in [0.4, 0.5) is 0 Å². The molecule has 1 amide bonds. The molecule has 0 aromatic heterocycles. The number of hydrogen-bond donors (Lipinski definition) is 0. The van der Waals surface area contributed by atoms with Gasteiger partial charge in [-0.3, -0.25) is 9.69 Å². The molecule has 0 aliphatic carbocycles. The second-order valence-corrected chi connectivity index (χ2v) is 8.59. The maximum absolute atomic E-state index is 13.0. The topological polar surface area (TPSA) is 59.0 Å². The Labute approximate surface area is 164 Å². The maximum atomic E-state index is 13.0. The summed E-state index contributed by atoms with van der Waals surface area (Å²) in [5.41, 5.74) is 3.10. The first kappa shape index (κ1) is 19.7. The van der Waals surface area contributed by atoms with E-state index in [1.165, 1.54) is 11.8 Å². The fraction of sp³-hybridized carbons (Fsp3) is 0.476. The standard InChI is InChI=1S/C21H26N2O3S/c1-6-16-19(24)23-18(15-9-7-13(4)8-10-15)17(14(5)22-21(23)27-16)20(25)26-11-12(2)3/h7-10,12,16,18H,6,11H2,1-5H3. The summed E-state index contributed by atoms with van der Waals surface area (Å²) in [5, 5.41) is 0.519. The number of nitrogens with zero attached hydrogens (tertiary/aromatic N) is 2. The average molecular weight is 387 g/mol. The van der Waals surface area contributed by atoms with Crippen molar-refractivity contribution in [3.05, 3.63) is 46.7 Å². The molecule has 1 fully saturated rings. The Morgan fingerprint density at radius 1 is 1.26 bits per heavy atom. The zero-order chi connectivity index (χ0) is 19.7. The first-order valence-corrected chi connectivity index (χ1v) is 10.2. The van der Waals surface area contributed by atoms with E-state index in [2.05, 4.69) is 4.99 Å². The van der Waals surface area contributed by atoms with Crippen molar-refractivity contribution >= 4 is 28.8 Å². The maximum Gasteiger partial charge on any atom is 0.338 e. The van der Waals surface area contributed by atoms with Crippen LogP contribution < -0.4 is 0 Å². The Kier molecular flexibility index (Phi) is 5.75. The van der Waals surface area contributed by atoms with Crippen LogP contribution in [-0.2, 0) is 14.3 Å². The number of carbonyl (C=O) groups is 2. The quantitative estimate of drug-likeness (QED) is 0.711. The van der Waals surface area contributed by atoms with Gasteiger partial charge in [0.2, 0.25) is 5.91 Å². The number of aryl methyl sites for hydroxylation is 1. The van der Waals surface area contributed by atoms with Crippen molar-refractivity contribution in [1.29, 1.82) is 0 Å². The van der Waals surface area contributed by atoms with Crippen LogP contribution in [0.3, 0.4) is 0 Å². The van der Waals surface area contributed by atoms with Crippen LogP contribution in [0.25, 0.3) is 0 Å². The van der Waals surface area contributed by atoms with Crippen molar-refractivity contribution in [3.8, 4) is 0 Å². The van der Waals surface area contributed by atoms with Gasteiger partial charge in [-0.25, -0.2) is 9.79 Å². The molecule has 1 aromatic rings. The van der Waals surface area contributed by atoms with Crippen molar-refractivity contribution in [2.24, 2.45) is 10.9 Å². The molecule has 2 unspecified atom stereocenters. The molecule has 2 aliphatic heterocycles. The summed E-state index contributed by atoms with van der Waals surface area (Å²) >= 11 is 1.48. The number of amidine groups is 1. The van der Waals surface area contributed by atoms with Crippen LogP contribution in [0.5, 0.6) is 0 Å². The smallest absolute Gasteiger partial charge is 0.338 e. The van der Waals surface area contributed by atoms with Crippen LogP contribution in [0, 0.1) is 12.8 Å². The highest BCUT2D eigenvalue weighted by Crippen LogP contribution is 2.44. The Morgan fingerprint density at radius 3 is 2.52 bits per heavy atom. The van der Waals surface area contributed by atoms with Crippen LogP contribution in [-0.4, -0.2) is 33.8 Å². The lowest BCUT2D eigenvalue weighted by Gasteiger charge is -2.33. The van der Waals surface area contributed by atoms with Crippen molar-refractivity contribution in [2.45, 2.75) is 52.3 Å². The van der Waals surface area contributed by atoms with E-state index in [0.29, 0.717) is 23.0 Å². The summed E-state index contributed by atoms with van der Waals surface area (Å²) in [4.78, 5) is 32.2. The molecule has 0 radical (unpaired) electrons. The molecule has 1 saturated heterocycles. The first-order valence-electron chi connectivity index (χ1n) is 9.36. The monoisotopic (exact) mass is 386 g/mol. The molecular formula is C21H26N2O3S. The fourth-order valence-corrected chi connectivity index (χ4v) is 4.37. The third-order valence-electron chi connectivity index (χ3n) is 4.68. The molecule has 3 rings (SSSR count). The number of esters is 1. The van der Waals surface area contributed by atoms with Gasteiger partial charge in [-0.15, -0.1) is 0 Å². The van der Waals surface area contributed by atoms with Gasteiger partial charge < -0.3 is 4.74 Å². The molecule has 2 aliphatic rings. The highest BCUT2D eigenvalue weighted by atomic mass is 32.2. The van der Waals surface area contributed by atoms with E-state index in [9.17, 15) is 9.59 Å². The van der Waals surface area contributed by atoms with Crippen molar-refractivity contribution in [1.82, 2.24) is 4.90 Å². The van der Waals surface area contributed by atoms with Gasteiger partial charge in [-0.1, -0.05) is 62.4 Å². The number of rotatable bonds is 5. The Hall–Kier alpha value is -2.08. The normalized spacial score (nSPS) is 22.2. The van der Waals surface area contributed by atoms with Crippen LogP contribution in [0.2, 0.25) is 0 Å². The van der Waals surface area contributed by atoms with Gasteiger partial charge in [0.05, 0.1) is 29.2 Å². The second-order valence-electron chi connectivity index (χ2n) is 7.42. The van der Waals surface area contributed by atoms with Gasteiger partial charge >= 0.3 is 5.97 Å². The highest BCUT2D eigenvalue weighted by molar-refractivity contribution is 8.15.